The van der Waals surface area contributed by atoms with E-state index in [1.165, 1.54) is 0 Å². The highest BCUT2D eigenvalue weighted by atomic mass is 79.9. The van der Waals surface area contributed by atoms with Gasteiger partial charge >= 0.3 is 0 Å². The third kappa shape index (κ3) is 5.91. The number of pyridine rings is 1. The molecule has 1 heterocycles. The predicted octanol–water partition coefficient (Wildman–Crippen LogP) is 5.51. The molecular weight excluding hydrogens is 462 g/mol. The van der Waals surface area contributed by atoms with E-state index in [0.717, 1.165) is 19.1 Å². The van der Waals surface area contributed by atoms with E-state index in [1.807, 2.05) is 25.0 Å². The van der Waals surface area contributed by atoms with Crippen molar-refractivity contribution in [2.45, 2.75) is 44.8 Å². The summed E-state index contributed by atoms with van der Waals surface area (Å²) < 4.78 is 6.51. The van der Waals surface area contributed by atoms with Crippen LogP contribution in [0.5, 0.6) is 11.6 Å². The van der Waals surface area contributed by atoms with Crippen molar-refractivity contribution in [3.05, 3.63) is 45.9 Å². The number of rotatable bonds is 9. The Labute approximate surface area is 187 Å². The third-order valence-corrected chi connectivity index (χ3v) is 9.88. The van der Waals surface area contributed by atoms with E-state index >= 15 is 0 Å². The first-order valence-corrected chi connectivity index (χ1v) is 13.5. The third-order valence-electron chi connectivity index (χ3n) is 5.60. The van der Waals surface area contributed by atoms with Gasteiger partial charge in [-0.2, -0.15) is 10.2 Å². The van der Waals surface area contributed by atoms with Crippen molar-refractivity contribution in [1.29, 1.82) is 5.26 Å². The van der Waals surface area contributed by atoms with Gasteiger partial charge in [-0.15, -0.1) is 0 Å². The number of halogens is 1. The number of benzene rings is 1. The predicted molar refractivity (Wildman–Crippen MR) is 125 cm³/mol. The van der Waals surface area contributed by atoms with E-state index < -0.39 is 8.32 Å². The summed E-state index contributed by atoms with van der Waals surface area (Å²) in [5.74, 6) is 1.38. The highest BCUT2D eigenvalue weighted by Gasteiger charge is 2.37. The van der Waals surface area contributed by atoms with Crippen molar-refractivity contribution in [3.8, 4) is 17.7 Å². The highest BCUT2D eigenvalue weighted by molar-refractivity contribution is 9.10. The van der Waals surface area contributed by atoms with Crippen molar-refractivity contribution >= 4 is 36.4 Å². The second-order valence-electron chi connectivity index (χ2n) is 8.50. The van der Waals surface area contributed by atoms with Crippen LogP contribution < -0.4 is 9.64 Å². The fourth-order valence-corrected chi connectivity index (χ4v) is 3.96. The molecule has 0 radical (unpaired) electrons. The van der Waals surface area contributed by atoms with Crippen LogP contribution in [0.4, 0.5) is 5.82 Å². The molecule has 0 saturated heterocycles. The van der Waals surface area contributed by atoms with Crippen LogP contribution in [0.25, 0.3) is 0 Å². The first-order chi connectivity index (χ1) is 14.0. The smallest absolute Gasteiger partial charge is 0.221 e. The number of ether oxygens (including phenoxy) is 1. The monoisotopic (exact) mass is 489 g/mol. The summed E-state index contributed by atoms with van der Waals surface area (Å²) in [5.41, 5.74) is 0.946. The lowest BCUT2D eigenvalue weighted by Gasteiger charge is -2.35. The lowest BCUT2D eigenvalue weighted by molar-refractivity contribution is 0.112. The lowest BCUT2D eigenvalue weighted by Crippen LogP contribution is -2.39. The molecule has 0 saturated carbocycles. The minimum absolute atomic E-state index is 0.0951. The maximum absolute atomic E-state index is 11.1. The summed E-state index contributed by atoms with van der Waals surface area (Å²) in [6.45, 7) is 8.85. The number of hydrogen-bond acceptors (Lipinski definition) is 6. The van der Waals surface area contributed by atoms with E-state index in [4.69, 9.17) is 4.74 Å². The fourth-order valence-electron chi connectivity index (χ4n) is 2.83. The molecule has 160 valence electrons. The maximum atomic E-state index is 11.1. The van der Waals surface area contributed by atoms with Crippen LogP contribution in [-0.4, -0.2) is 38.0 Å². The van der Waals surface area contributed by atoms with Crippen molar-refractivity contribution in [2.24, 2.45) is 0 Å². The Bertz CT molecular complexity index is 952. The first kappa shape index (κ1) is 24.1. The summed E-state index contributed by atoms with van der Waals surface area (Å²) >= 11 is 3.32. The molecule has 2 aromatic rings. The molecule has 0 atom stereocenters. The molecule has 30 heavy (non-hydrogen) atoms. The van der Waals surface area contributed by atoms with Crippen molar-refractivity contribution < 1.29 is 14.3 Å². The number of hydrogen-bond donors (Lipinski definition) is 1. The van der Waals surface area contributed by atoms with Crippen LogP contribution in [-0.2, 0) is 0 Å². The SMILES string of the molecule is CN(CCCC(C)(C)[Si](C)(C)O)c1nc(Oc2ccc(Br)c(C=O)c2)ccc1C#N. The molecule has 0 unspecified atom stereocenters. The van der Waals surface area contributed by atoms with Crippen LogP contribution >= 0.6 is 15.9 Å². The molecule has 0 bridgehead atoms. The minimum Gasteiger partial charge on any atom is -0.439 e. The molecule has 8 heteroatoms. The van der Waals surface area contributed by atoms with Gasteiger partial charge in [-0.05, 0) is 55.2 Å². The largest absolute Gasteiger partial charge is 0.439 e. The fraction of sp³-hybridized carbons (Fsp3) is 0.409. The molecule has 6 nitrogen and oxygen atoms in total. The van der Waals surface area contributed by atoms with Crippen LogP contribution in [0.2, 0.25) is 18.1 Å². The summed E-state index contributed by atoms with van der Waals surface area (Å²) in [6, 6.07) is 10.6. The first-order valence-electron chi connectivity index (χ1n) is 9.76. The maximum Gasteiger partial charge on any atom is 0.221 e. The summed E-state index contributed by atoms with van der Waals surface area (Å²) in [6.07, 6.45) is 2.51. The molecule has 0 aliphatic rings. The Morgan fingerprint density at radius 1 is 1.33 bits per heavy atom. The van der Waals surface area contributed by atoms with Crippen molar-refractivity contribution in [3.63, 3.8) is 0 Å². The van der Waals surface area contributed by atoms with Gasteiger partial charge in [0.1, 0.15) is 17.6 Å². The van der Waals surface area contributed by atoms with Crippen LogP contribution in [0.3, 0.4) is 0 Å². The number of nitriles is 1. The van der Waals surface area contributed by atoms with Gasteiger partial charge in [0.25, 0.3) is 0 Å². The van der Waals surface area contributed by atoms with Crippen LogP contribution in [0.1, 0.15) is 42.6 Å². The number of nitrogens with zero attached hydrogens (tertiary/aromatic N) is 3. The van der Waals surface area contributed by atoms with Crippen molar-refractivity contribution in [1.82, 2.24) is 4.98 Å². The average molecular weight is 490 g/mol. The molecule has 1 aromatic heterocycles. The molecule has 0 aliphatic heterocycles. The Hall–Kier alpha value is -2.21. The van der Waals surface area contributed by atoms with Gasteiger partial charge in [-0.3, -0.25) is 4.79 Å². The van der Waals surface area contributed by atoms with Crippen LogP contribution in [0.15, 0.2) is 34.8 Å². The number of aromatic nitrogens is 1. The molecule has 0 spiro atoms. The number of aldehydes is 1. The van der Waals surface area contributed by atoms with Crippen molar-refractivity contribution in [2.75, 3.05) is 18.5 Å². The zero-order valence-corrected chi connectivity index (χ0v) is 20.7. The summed E-state index contributed by atoms with van der Waals surface area (Å²) in [5, 5.41) is 9.38. The average Bonchev–Trinajstić information content (AvgIpc) is 2.68. The molecule has 2 rings (SSSR count). The van der Waals surface area contributed by atoms with E-state index in [1.54, 1.807) is 30.3 Å². The zero-order chi connectivity index (χ0) is 22.5. The molecular formula is C22H28BrN3O3Si. The Kier molecular flexibility index (Phi) is 7.80. The molecule has 0 fully saturated rings. The Balaban J connectivity index is 2.16. The number of anilines is 1. The topological polar surface area (TPSA) is 86.5 Å². The van der Waals surface area contributed by atoms with E-state index in [-0.39, 0.29) is 5.04 Å². The normalized spacial score (nSPS) is 11.7. The van der Waals surface area contributed by atoms with E-state index in [0.29, 0.717) is 39.6 Å². The van der Waals surface area contributed by atoms with E-state index in [9.17, 15) is 14.9 Å². The molecule has 1 aromatic carbocycles. The van der Waals surface area contributed by atoms with Gasteiger partial charge in [0.2, 0.25) is 5.88 Å². The second-order valence-corrected chi connectivity index (χ2v) is 13.8. The second kappa shape index (κ2) is 9.73. The standard InChI is InChI=1S/C22H28BrN3O3Si/c1-22(2,30(4,5)28)11-6-12-26(3)21-16(14-24)7-10-20(25-21)29-18-8-9-19(23)17(13-18)15-27/h7-10,13,15,28H,6,11-12H2,1-5H3. The summed E-state index contributed by atoms with van der Waals surface area (Å²) in [4.78, 5) is 28.1. The van der Waals surface area contributed by atoms with Gasteiger partial charge < -0.3 is 14.4 Å². The number of carbonyl (C=O) groups excluding carboxylic acids is 1. The number of carbonyl (C=O) groups is 1. The Morgan fingerprint density at radius 2 is 2.03 bits per heavy atom. The molecule has 0 amide bonds. The lowest BCUT2D eigenvalue weighted by atomic mass is 10.1. The molecule has 1 N–H and O–H groups in total. The van der Waals surface area contributed by atoms with Gasteiger partial charge in [0.05, 0.1) is 5.56 Å². The van der Waals surface area contributed by atoms with Gasteiger partial charge in [0, 0.05) is 29.7 Å². The quantitative estimate of drug-likeness (QED) is 0.368. The summed E-state index contributed by atoms with van der Waals surface area (Å²) in [7, 11) is -0.358. The Morgan fingerprint density at radius 3 is 2.63 bits per heavy atom. The molecule has 0 aliphatic carbocycles. The highest BCUT2D eigenvalue weighted by Crippen LogP contribution is 2.39. The van der Waals surface area contributed by atoms with Gasteiger partial charge in [-0.1, -0.05) is 29.8 Å². The minimum atomic E-state index is -2.25. The van der Waals surface area contributed by atoms with Gasteiger partial charge in [-0.25, -0.2) is 0 Å². The zero-order valence-electron chi connectivity index (χ0n) is 18.1. The van der Waals surface area contributed by atoms with Gasteiger partial charge in [0.15, 0.2) is 14.6 Å². The van der Waals surface area contributed by atoms with E-state index in [2.05, 4.69) is 40.8 Å². The van der Waals surface area contributed by atoms with Crippen LogP contribution in [0, 0.1) is 11.3 Å².